The SMILES string of the molecule is O=C(Nc1ccc2c(c1)B(O)OC2)c1ccccc1. The smallest absolute Gasteiger partial charge is 0.423 e. The van der Waals surface area contributed by atoms with Crippen LogP contribution in [-0.2, 0) is 11.3 Å². The Hall–Kier alpha value is -2.11. The summed E-state index contributed by atoms with van der Waals surface area (Å²) in [6.45, 7) is 0.406. The second kappa shape index (κ2) is 4.88. The van der Waals surface area contributed by atoms with Crippen molar-refractivity contribution in [3.8, 4) is 0 Å². The van der Waals surface area contributed by atoms with Crippen molar-refractivity contribution in [1.29, 1.82) is 0 Å². The van der Waals surface area contributed by atoms with Gasteiger partial charge in [0.05, 0.1) is 6.61 Å². The van der Waals surface area contributed by atoms with Crippen molar-refractivity contribution in [2.24, 2.45) is 0 Å². The van der Waals surface area contributed by atoms with Crippen molar-refractivity contribution < 1.29 is 14.5 Å². The van der Waals surface area contributed by atoms with Crippen molar-refractivity contribution >= 4 is 24.2 Å². The van der Waals surface area contributed by atoms with Gasteiger partial charge < -0.3 is 15.0 Å². The number of hydrogen-bond acceptors (Lipinski definition) is 3. The van der Waals surface area contributed by atoms with E-state index in [0.717, 1.165) is 5.56 Å². The maximum absolute atomic E-state index is 12.0. The molecular formula is C14H12BNO3. The first-order valence-corrected chi connectivity index (χ1v) is 6.03. The van der Waals surface area contributed by atoms with E-state index in [-0.39, 0.29) is 5.91 Å². The minimum atomic E-state index is -0.899. The lowest BCUT2D eigenvalue weighted by molar-refractivity contribution is 0.102. The summed E-state index contributed by atoms with van der Waals surface area (Å²) in [7, 11) is -0.899. The van der Waals surface area contributed by atoms with Crippen LogP contribution < -0.4 is 10.8 Å². The van der Waals surface area contributed by atoms with Gasteiger partial charge in [0.25, 0.3) is 5.91 Å². The van der Waals surface area contributed by atoms with Crippen LogP contribution in [0.2, 0.25) is 0 Å². The lowest BCUT2D eigenvalue weighted by atomic mass is 9.79. The first-order chi connectivity index (χ1) is 9.24. The molecule has 3 rings (SSSR count). The number of benzene rings is 2. The van der Waals surface area contributed by atoms with Crippen molar-refractivity contribution in [3.05, 3.63) is 59.7 Å². The number of nitrogens with one attached hydrogen (secondary N) is 1. The normalized spacial score (nSPS) is 13.2. The Balaban J connectivity index is 1.81. The quantitative estimate of drug-likeness (QED) is 0.789. The fourth-order valence-electron chi connectivity index (χ4n) is 2.09. The molecule has 0 radical (unpaired) electrons. The van der Waals surface area contributed by atoms with Gasteiger partial charge in [0.1, 0.15) is 0 Å². The standard InChI is InChI=1S/C14H12BNO3/c17-14(10-4-2-1-3-5-10)16-12-7-6-11-9-19-15(18)13(11)8-12/h1-8,18H,9H2,(H,16,17). The molecule has 2 aromatic carbocycles. The molecule has 0 spiro atoms. The molecular weight excluding hydrogens is 241 g/mol. The molecule has 1 aliphatic rings. The molecule has 4 nitrogen and oxygen atoms in total. The zero-order valence-electron chi connectivity index (χ0n) is 10.2. The molecule has 1 amide bonds. The van der Waals surface area contributed by atoms with Gasteiger partial charge in [-0.25, -0.2) is 0 Å². The zero-order valence-corrected chi connectivity index (χ0v) is 10.2. The molecule has 0 unspecified atom stereocenters. The first kappa shape index (κ1) is 12.0. The van der Waals surface area contributed by atoms with Gasteiger partial charge >= 0.3 is 7.12 Å². The van der Waals surface area contributed by atoms with Crippen molar-refractivity contribution in [3.63, 3.8) is 0 Å². The van der Waals surface area contributed by atoms with Crippen LogP contribution in [0.15, 0.2) is 48.5 Å². The van der Waals surface area contributed by atoms with E-state index in [1.807, 2.05) is 24.3 Å². The van der Waals surface area contributed by atoms with E-state index < -0.39 is 7.12 Å². The molecule has 94 valence electrons. The molecule has 1 heterocycles. The van der Waals surface area contributed by atoms with Crippen molar-refractivity contribution in [2.75, 3.05) is 5.32 Å². The lowest BCUT2D eigenvalue weighted by Crippen LogP contribution is -2.28. The van der Waals surface area contributed by atoms with Crippen LogP contribution >= 0.6 is 0 Å². The molecule has 19 heavy (non-hydrogen) atoms. The van der Waals surface area contributed by atoms with Crippen molar-refractivity contribution in [2.45, 2.75) is 6.61 Å². The second-order valence-electron chi connectivity index (χ2n) is 4.40. The summed E-state index contributed by atoms with van der Waals surface area (Å²) in [4.78, 5) is 12.0. The maximum atomic E-state index is 12.0. The van der Waals surface area contributed by atoms with Crippen LogP contribution in [0.3, 0.4) is 0 Å². The largest absolute Gasteiger partial charge is 0.491 e. The topological polar surface area (TPSA) is 58.6 Å². The second-order valence-corrected chi connectivity index (χ2v) is 4.40. The number of amides is 1. The zero-order chi connectivity index (χ0) is 13.2. The molecule has 0 bridgehead atoms. The van der Waals surface area contributed by atoms with E-state index >= 15 is 0 Å². The third-order valence-corrected chi connectivity index (χ3v) is 3.10. The highest BCUT2D eigenvalue weighted by atomic mass is 16.5. The Labute approximate surface area is 111 Å². The van der Waals surface area contributed by atoms with E-state index in [0.29, 0.717) is 23.3 Å². The number of fused-ring (bicyclic) bond motifs is 1. The van der Waals surface area contributed by atoms with Gasteiger partial charge in [0.15, 0.2) is 0 Å². The van der Waals surface area contributed by atoms with E-state index in [1.54, 1.807) is 24.3 Å². The minimum Gasteiger partial charge on any atom is -0.423 e. The summed E-state index contributed by atoms with van der Waals surface area (Å²) < 4.78 is 5.11. The summed E-state index contributed by atoms with van der Waals surface area (Å²) in [5.74, 6) is -0.172. The van der Waals surface area contributed by atoms with Crippen LogP contribution in [0, 0.1) is 0 Å². The van der Waals surface area contributed by atoms with E-state index in [4.69, 9.17) is 4.65 Å². The Morgan fingerprint density at radius 2 is 2.00 bits per heavy atom. The maximum Gasteiger partial charge on any atom is 0.491 e. The number of rotatable bonds is 2. The Morgan fingerprint density at radius 1 is 1.21 bits per heavy atom. The summed E-state index contributed by atoms with van der Waals surface area (Å²) >= 11 is 0. The van der Waals surface area contributed by atoms with Gasteiger partial charge in [-0.05, 0) is 35.3 Å². The van der Waals surface area contributed by atoms with E-state index in [1.165, 1.54) is 0 Å². The molecule has 0 fully saturated rings. The number of anilines is 1. The number of carbonyl (C=O) groups is 1. The highest BCUT2D eigenvalue weighted by Crippen LogP contribution is 2.15. The van der Waals surface area contributed by atoms with Crippen LogP contribution in [-0.4, -0.2) is 18.0 Å². The predicted molar refractivity (Wildman–Crippen MR) is 73.2 cm³/mol. The highest BCUT2D eigenvalue weighted by molar-refractivity contribution is 6.61. The van der Waals surface area contributed by atoms with Gasteiger partial charge in [-0.3, -0.25) is 4.79 Å². The van der Waals surface area contributed by atoms with Crippen molar-refractivity contribution in [1.82, 2.24) is 0 Å². The molecule has 0 aliphatic carbocycles. The average molecular weight is 253 g/mol. The van der Waals surface area contributed by atoms with E-state index in [2.05, 4.69) is 5.32 Å². The highest BCUT2D eigenvalue weighted by Gasteiger charge is 2.27. The van der Waals surface area contributed by atoms with E-state index in [9.17, 15) is 9.82 Å². The summed E-state index contributed by atoms with van der Waals surface area (Å²) in [5.41, 5.74) is 2.91. The summed E-state index contributed by atoms with van der Waals surface area (Å²) in [6, 6.07) is 14.4. The monoisotopic (exact) mass is 253 g/mol. The third-order valence-electron chi connectivity index (χ3n) is 3.10. The van der Waals surface area contributed by atoms with Gasteiger partial charge in [-0.2, -0.15) is 0 Å². The lowest BCUT2D eigenvalue weighted by Gasteiger charge is -2.07. The van der Waals surface area contributed by atoms with Gasteiger partial charge in [0.2, 0.25) is 0 Å². The molecule has 0 aromatic heterocycles. The molecule has 1 aliphatic heterocycles. The third kappa shape index (κ3) is 2.38. The molecule has 5 heteroatoms. The fourth-order valence-corrected chi connectivity index (χ4v) is 2.09. The van der Waals surface area contributed by atoms with Gasteiger partial charge in [0, 0.05) is 11.3 Å². The Kier molecular flexibility index (Phi) is 3.07. The van der Waals surface area contributed by atoms with Crippen LogP contribution in [0.5, 0.6) is 0 Å². The number of carbonyl (C=O) groups excluding carboxylic acids is 1. The van der Waals surface area contributed by atoms with Gasteiger partial charge in [-0.15, -0.1) is 0 Å². The first-order valence-electron chi connectivity index (χ1n) is 6.03. The summed E-state index contributed by atoms with van der Waals surface area (Å²) in [6.07, 6.45) is 0. The number of hydrogen-bond donors (Lipinski definition) is 2. The molecule has 2 aromatic rings. The molecule has 2 N–H and O–H groups in total. The summed E-state index contributed by atoms with van der Waals surface area (Å²) in [5, 5.41) is 12.4. The van der Waals surface area contributed by atoms with Gasteiger partial charge in [-0.1, -0.05) is 24.3 Å². The Bertz CT molecular complexity index is 615. The average Bonchev–Trinajstić information content (AvgIpc) is 2.81. The predicted octanol–water partition coefficient (Wildman–Crippen LogP) is 1.16. The minimum absolute atomic E-state index is 0.172. The van der Waals surface area contributed by atoms with Crippen LogP contribution in [0.4, 0.5) is 5.69 Å². The molecule has 0 saturated carbocycles. The molecule has 0 saturated heterocycles. The fraction of sp³-hybridized carbons (Fsp3) is 0.0714. The van der Waals surface area contributed by atoms with Crippen LogP contribution in [0.25, 0.3) is 0 Å². The molecule has 0 atom stereocenters. The Morgan fingerprint density at radius 3 is 2.79 bits per heavy atom. The van der Waals surface area contributed by atoms with Crippen LogP contribution in [0.1, 0.15) is 15.9 Å².